The Balaban J connectivity index is 1.55. The average molecular weight is 405 g/mol. The maximum absolute atomic E-state index is 12.5. The summed E-state index contributed by atoms with van der Waals surface area (Å²) in [5.41, 5.74) is 0.374. The number of benzene rings is 2. The number of carbonyl (C=O) groups is 1. The summed E-state index contributed by atoms with van der Waals surface area (Å²) in [6.07, 6.45) is 1.73. The molecule has 2 aromatic rings. The van der Waals surface area contributed by atoms with Crippen molar-refractivity contribution in [1.82, 2.24) is 4.31 Å². The molecule has 0 aliphatic carbocycles. The third kappa shape index (κ3) is 4.65. The minimum atomic E-state index is -3.49. The molecule has 148 valence electrons. The van der Waals surface area contributed by atoms with Crippen molar-refractivity contribution >= 4 is 27.3 Å². The summed E-state index contributed by atoms with van der Waals surface area (Å²) in [6.45, 7) is 0.771. The number of hydrogen-bond donors (Lipinski definition) is 1. The van der Waals surface area contributed by atoms with Crippen LogP contribution in [-0.2, 0) is 14.8 Å². The van der Waals surface area contributed by atoms with Crippen molar-refractivity contribution < 1.29 is 22.9 Å². The SMILES string of the molecule is O=C(COc1ccc([N+](=O)[O-])cc1)Nc1ccc(S(=O)(=O)N2CCCC2)cc1. The number of nitro benzene ring substituents is 1. The van der Waals surface area contributed by atoms with Crippen molar-refractivity contribution in [2.24, 2.45) is 0 Å². The van der Waals surface area contributed by atoms with Crippen molar-refractivity contribution in [3.63, 3.8) is 0 Å². The van der Waals surface area contributed by atoms with Crippen molar-refractivity contribution in [3.8, 4) is 5.75 Å². The molecule has 28 heavy (non-hydrogen) atoms. The first-order chi connectivity index (χ1) is 13.4. The van der Waals surface area contributed by atoms with E-state index in [2.05, 4.69) is 5.32 Å². The minimum absolute atomic E-state index is 0.0687. The van der Waals surface area contributed by atoms with E-state index in [0.717, 1.165) is 12.8 Å². The van der Waals surface area contributed by atoms with Gasteiger partial charge >= 0.3 is 0 Å². The third-order valence-electron chi connectivity index (χ3n) is 4.26. The second kappa shape index (κ2) is 8.36. The van der Waals surface area contributed by atoms with Crippen molar-refractivity contribution in [1.29, 1.82) is 0 Å². The summed E-state index contributed by atoms with van der Waals surface area (Å²) >= 11 is 0. The topological polar surface area (TPSA) is 119 Å². The Kier molecular flexibility index (Phi) is 5.90. The van der Waals surface area contributed by atoms with Crippen LogP contribution in [0.25, 0.3) is 0 Å². The zero-order valence-corrected chi connectivity index (χ0v) is 15.7. The van der Waals surface area contributed by atoms with Gasteiger partial charge in [0.05, 0.1) is 9.82 Å². The second-order valence-electron chi connectivity index (χ2n) is 6.22. The molecule has 0 atom stereocenters. The first-order valence-corrected chi connectivity index (χ1v) is 10.1. The van der Waals surface area contributed by atoms with Gasteiger partial charge < -0.3 is 10.1 Å². The van der Waals surface area contributed by atoms with Gasteiger partial charge in [0.15, 0.2) is 6.61 Å². The van der Waals surface area contributed by atoms with E-state index in [1.165, 1.54) is 52.8 Å². The van der Waals surface area contributed by atoms with Gasteiger partial charge in [-0.15, -0.1) is 0 Å². The number of carbonyl (C=O) groups excluding carboxylic acids is 1. The second-order valence-corrected chi connectivity index (χ2v) is 8.16. The predicted molar refractivity (Wildman–Crippen MR) is 102 cm³/mol. The third-order valence-corrected chi connectivity index (χ3v) is 6.17. The first-order valence-electron chi connectivity index (χ1n) is 8.63. The van der Waals surface area contributed by atoms with E-state index in [-0.39, 0.29) is 17.2 Å². The molecular weight excluding hydrogens is 386 g/mol. The van der Waals surface area contributed by atoms with E-state index in [9.17, 15) is 23.3 Å². The molecule has 10 heteroatoms. The summed E-state index contributed by atoms with van der Waals surface area (Å²) in [4.78, 5) is 22.2. The lowest BCUT2D eigenvalue weighted by Gasteiger charge is -2.15. The van der Waals surface area contributed by atoms with Crippen molar-refractivity contribution in [2.75, 3.05) is 25.0 Å². The van der Waals surface area contributed by atoms with Gasteiger partial charge in [-0.05, 0) is 49.2 Å². The van der Waals surface area contributed by atoms with Crippen LogP contribution in [0.5, 0.6) is 5.75 Å². The molecule has 0 bridgehead atoms. The summed E-state index contributed by atoms with van der Waals surface area (Å²) in [7, 11) is -3.49. The molecule has 1 N–H and O–H groups in total. The molecule has 1 amide bonds. The normalized spacial score (nSPS) is 14.6. The highest BCUT2D eigenvalue weighted by molar-refractivity contribution is 7.89. The minimum Gasteiger partial charge on any atom is -0.484 e. The van der Waals surface area contributed by atoms with Crippen molar-refractivity contribution in [3.05, 3.63) is 58.6 Å². The van der Waals surface area contributed by atoms with Gasteiger partial charge in [-0.25, -0.2) is 8.42 Å². The lowest BCUT2D eigenvalue weighted by Crippen LogP contribution is -2.27. The highest BCUT2D eigenvalue weighted by atomic mass is 32.2. The molecular formula is C18H19N3O6S. The molecule has 1 fully saturated rings. The molecule has 1 heterocycles. The molecule has 9 nitrogen and oxygen atoms in total. The Morgan fingerprint density at radius 1 is 1.07 bits per heavy atom. The monoisotopic (exact) mass is 405 g/mol. The van der Waals surface area contributed by atoms with Crippen LogP contribution in [0.15, 0.2) is 53.4 Å². The number of non-ortho nitro benzene ring substituents is 1. The van der Waals surface area contributed by atoms with Gasteiger partial charge in [-0.2, -0.15) is 4.31 Å². The average Bonchev–Trinajstić information content (AvgIpc) is 3.23. The van der Waals surface area contributed by atoms with Crippen LogP contribution in [0.3, 0.4) is 0 Å². The molecule has 1 aliphatic rings. The highest BCUT2D eigenvalue weighted by Gasteiger charge is 2.26. The fourth-order valence-corrected chi connectivity index (χ4v) is 4.31. The number of hydrogen-bond acceptors (Lipinski definition) is 6. The number of sulfonamides is 1. The largest absolute Gasteiger partial charge is 0.484 e. The van der Waals surface area contributed by atoms with Crippen LogP contribution in [0.4, 0.5) is 11.4 Å². The summed E-state index contributed by atoms with van der Waals surface area (Å²) < 4.78 is 31.7. The number of anilines is 1. The quantitative estimate of drug-likeness (QED) is 0.558. The fourth-order valence-electron chi connectivity index (χ4n) is 2.80. The number of rotatable bonds is 7. The van der Waals surface area contributed by atoms with Crippen LogP contribution >= 0.6 is 0 Å². The Morgan fingerprint density at radius 2 is 1.68 bits per heavy atom. The molecule has 0 saturated carbocycles. The van der Waals surface area contributed by atoms with E-state index in [4.69, 9.17) is 4.74 Å². The number of nitrogens with zero attached hydrogens (tertiary/aromatic N) is 2. The van der Waals surface area contributed by atoms with Crippen LogP contribution in [-0.4, -0.2) is 43.2 Å². The smallest absolute Gasteiger partial charge is 0.269 e. The highest BCUT2D eigenvalue weighted by Crippen LogP contribution is 2.22. The predicted octanol–water partition coefficient (Wildman–Crippen LogP) is 2.40. The summed E-state index contributed by atoms with van der Waals surface area (Å²) in [5, 5.41) is 13.2. The standard InChI is InChI=1S/C18H19N3O6S/c22-18(13-27-16-7-5-15(6-8-16)21(23)24)19-14-3-9-17(10-4-14)28(25,26)20-11-1-2-12-20/h3-10H,1-2,11-13H2,(H,19,22). The number of nitro groups is 1. The zero-order chi connectivity index (χ0) is 20.1. The lowest BCUT2D eigenvalue weighted by molar-refractivity contribution is -0.384. The van der Waals surface area contributed by atoms with Gasteiger partial charge in [0, 0.05) is 30.9 Å². The summed E-state index contributed by atoms with van der Waals surface area (Å²) in [5.74, 6) is -0.110. The molecule has 1 aliphatic heterocycles. The van der Waals surface area contributed by atoms with E-state index >= 15 is 0 Å². The van der Waals surface area contributed by atoms with Crippen LogP contribution in [0.2, 0.25) is 0 Å². The van der Waals surface area contributed by atoms with Gasteiger partial charge in [-0.3, -0.25) is 14.9 Å². The number of ether oxygens (including phenoxy) is 1. The fraction of sp³-hybridized carbons (Fsp3) is 0.278. The van der Waals surface area contributed by atoms with E-state index in [1.54, 1.807) is 0 Å². The first kappa shape index (κ1) is 19.8. The maximum Gasteiger partial charge on any atom is 0.269 e. The van der Waals surface area contributed by atoms with E-state index in [1.807, 2.05) is 0 Å². The Morgan fingerprint density at radius 3 is 2.25 bits per heavy atom. The summed E-state index contributed by atoms with van der Waals surface area (Å²) in [6, 6.07) is 11.3. The molecule has 0 unspecified atom stereocenters. The van der Waals surface area contributed by atoms with Crippen LogP contribution < -0.4 is 10.1 Å². The Hall–Kier alpha value is -2.98. The van der Waals surface area contributed by atoms with Gasteiger partial charge in [0.1, 0.15) is 5.75 Å². The number of amides is 1. The van der Waals surface area contributed by atoms with E-state index < -0.39 is 20.9 Å². The Bertz CT molecular complexity index is 952. The number of nitrogens with one attached hydrogen (secondary N) is 1. The lowest BCUT2D eigenvalue weighted by atomic mass is 10.3. The molecule has 2 aromatic carbocycles. The molecule has 0 aromatic heterocycles. The molecule has 1 saturated heterocycles. The molecule has 0 spiro atoms. The van der Waals surface area contributed by atoms with Gasteiger partial charge in [0.25, 0.3) is 11.6 Å². The zero-order valence-electron chi connectivity index (χ0n) is 14.9. The molecule has 3 rings (SSSR count). The van der Waals surface area contributed by atoms with Crippen molar-refractivity contribution in [2.45, 2.75) is 17.7 Å². The Labute approximate surface area is 162 Å². The van der Waals surface area contributed by atoms with Gasteiger partial charge in [-0.1, -0.05) is 0 Å². The van der Waals surface area contributed by atoms with Gasteiger partial charge in [0.2, 0.25) is 10.0 Å². The molecule has 0 radical (unpaired) electrons. The van der Waals surface area contributed by atoms with E-state index in [0.29, 0.717) is 24.5 Å². The maximum atomic E-state index is 12.5. The van der Waals surface area contributed by atoms with Crippen LogP contribution in [0.1, 0.15) is 12.8 Å². The van der Waals surface area contributed by atoms with Crippen LogP contribution in [0, 0.1) is 10.1 Å².